The molecular formula is C12H16N2O2S. The molecule has 0 fully saturated rings. The van der Waals surface area contributed by atoms with Gasteiger partial charge in [-0.05, 0) is 18.1 Å². The Bertz CT molecular complexity index is 595. The zero-order valence-electron chi connectivity index (χ0n) is 10.5. The van der Waals surface area contributed by atoms with Crippen LogP contribution in [0, 0.1) is 5.41 Å². The van der Waals surface area contributed by atoms with E-state index in [1.54, 1.807) is 12.3 Å². The second kappa shape index (κ2) is 3.63. The number of hydrogen-bond donors (Lipinski definition) is 0. The van der Waals surface area contributed by atoms with Crippen LogP contribution in [-0.4, -0.2) is 19.1 Å². The Hall–Kier alpha value is -1.23. The van der Waals surface area contributed by atoms with Crippen molar-refractivity contribution in [2.75, 3.05) is 0 Å². The van der Waals surface area contributed by atoms with E-state index >= 15 is 0 Å². The fourth-order valence-corrected chi connectivity index (χ4v) is 3.15. The lowest BCUT2D eigenvalue weighted by atomic mass is 9.88. The Balaban J connectivity index is 2.69. The Morgan fingerprint density at radius 3 is 2.47 bits per heavy atom. The standard InChI is InChI=1S/C12H16N2O2S/c1-5-8-6-9-10(13-7-8)11(12(2,3)4)14-17(9,15)16/h6-7H,5H2,1-4H3. The molecule has 0 saturated heterocycles. The van der Waals surface area contributed by atoms with Crippen LogP contribution in [-0.2, 0) is 16.4 Å². The maximum Gasteiger partial charge on any atom is 0.284 e. The van der Waals surface area contributed by atoms with Crippen molar-refractivity contribution in [3.05, 3.63) is 23.5 Å². The number of fused-ring (bicyclic) bond motifs is 1. The molecule has 0 unspecified atom stereocenters. The zero-order chi connectivity index (χ0) is 12.8. The van der Waals surface area contributed by atoms with Gasteiger partial charge in [-0.1, -0.05) is 27.7 Å². The van der Waals surface area contributed by atoms with Gasteiger partial charge in [0.1, 0.15) is 10.6 Å². The van der Waals surface area contributed by atoms with Crippen molar-refractivity contribution in [2.45, 2.75) is 39.0 Å². The van der Waals surface area contributed by atoms with Gasteiger partial charge in [0.2, 0.25) is 0 Å². The molecule has 0 radical (unpaired) electrons. The van der Waals surface area contributed by atoms with E-state index in [4.69, 9.17) is 0 Å². The highest BCUT2D eigenvalue weighted by atomic mass is 32.2. The zero-order valence-corrected chi connectivity index (χ0v) is 11.3. The molecule has 0 bridgehead atoms. The summed E-state index contributed by atoms with van der Waals surface area (Å²) >= 11 is 0. The molecule has 0 aliphatic carbocycles. The van der Waals surface area contributed by atoms with Crippen LogP contribution >= 0.6 is 0 Å². The Morgan fingerprint density at radius 1 is 1.29 bits per heavy atom. The third kappa shape index (κ3) is 1.99. The van der Waals surface area contributed by atoms with Gasteiger partial charge in [0, 0.05) is 11.6 Å². The van der Waals surface area contributed by atoms with Crippen molar-refractivity contribution >= 4 is 15.7 Å². The molecule has 17 heavy (non-hydrogen) atoms. The lowest BCUT2D eigenvalue weighted by Crippen LogP contribution is -2.21. The molecule has 0 aromatic carbocycles. The van der Waals surface area contributed by atoms with Gasteiger partial charge in [0.25, 0.3) is 10.0 Å². The van der Waals surface area contributed by atoms with Gasteiger partial charge in [0.15, 0.2) is 0 Å². The molecule has 0 atom stereocenters. The second-order valence-corrected chi connectivity index (χ2v) is 6.78. The molecule has 5 heteroatoms. The highest BCUT2D eigenvalue weighted by Crippen LogP contribution is 2.33. The minimum Gasteiger partial charge on any atom is -0.253 e. The van der Waals surface area contributed by atoms with Crippen LogP contribution in [0.4, 0.5) is 0 Å². The van der Waals surface area contributed by atoms with Crippen LogP contribution < -0.4 is 0 Å². The smallest absolute Gasteiger partial charge is 0.253 e. The van der Waals surface area contributed by atoms with Crippen LogP contribution in [0.2, 0.25) is 0 Å². The SMILES string of the molecule is CCc1cnc2c(c1)S(=O)(=O)N=C2C(C)(C)C. The summed E-state index contributed by atoms with van der Waals surface area (Å²) in [5.74, 6) is 0. The van der Waals surface area contributed by atoms with Crippen LogP contribution in [0.1, 0.15) is 39.0 Å². The molecule has 1 aromatic rings. The Morgan fingerprint density at radius 2 is 1.94 bits per heavy atom. The molecule has 4 nitrogen and oxygen atoms in total. The molecule has 2 heterocycles. The quantitative estimate of drug-likeness (QED) is 0.769. The maximum absolute atomic E-state index is 12.0. The summed E-state index contributed by atoms with van der Waals surface area (Å²) < 4.78 is 27.8. The number of hydrogen-bond acceptors (Lipinski definition) is 3. The average Bonchev–Trinajstić information content (AvgIpc) is 2.50. The summed E-state index contributed by atoms with van der Waals surface area (Å²) in [5, 5.41) is 0. The Kier molecular flexibility index (Phi) is 2.61. The molecule has 0 amide bonds. The van der Waals surface area contributed by atoms with E-state index in [-0.39, 0.29) is 10.3 Å². The number of pyridine rings is 1. The molecule has 0 saturated carbocycles. The lowest BCUT2D eigenvalue weighted by Gasteiger charge is -2.17. The van der Waals surface area contributed by atoms with Crippen molar-refractivity contribution in [1.82, 2.24) is 4.98 Å². The third-order valence-electron chi connectivity index (χ3n) is 2.74. The summed E-state index contributed by atoms with van der Waals surface area (Å²) in [6.07, 6.45) is 2.49. The molecular weight excluding hydrogens is 236 g/mol. The first kappa shape index (κ1) is 12.2. The summed E-state index contributed by atoms with van der Waals surface area (Å²) in [4.78, 5) is 4.52. The van der Waals surface area contributed by atoms with Gasteiger partial charge < -0.3 is 0 Å². The number of sulfonamides is 1. The third-order valence-corrected chi connectivity index (χ3v) is 4.03. The van der Waals surface area contributed by atoms with Gasteiger partial charge in [-0.2, -0.15) is 12.8 Å². The van der Waals surface area contributed by atoms with Gasteiger partial charge in [-0.25, -0.2) is 0 Å². The summed E-state index contributed by atoms with van der Waals surface area (Å²) in [7, 11) is -3.55. The maximum atomic E-state index is 12.0. The normalized spacial score (nSPS) is 17.8. The van der Waals surface area contributed by atoms with E-state index in [9.17, 15) is 8.42 Å². The van der Waals surface area contributed by atoms with Gasteiger partial charge in [-0.3, -0.25) is 4.98 Å². The van der Waals surface area contributed by atoms with Crippen LogP contribution in [0.25, 0.3) is 0 Å². The van der Waals surface area contributed by atoms with Crippen LogP contribution in [0.3, 0.4) is 0 Å². The molecule has 0 spiro atoms. The van der Waals surface area contributed by atoms with Crippen LogP contribution in [0.5, 0.6) is 0 Å². The summed E-state index contributed by atoms with van der Waals surface area (Å²) in [5.41, 5.74) is 1.65. The van der Waals surface area contributed by atoms with Crippen molar-refractivity contribution < 1.29 is 8.42 Å². The lowest BCUT2D eigenvalue weighted by molar-refractivity contribution is 0.588. The van der Waals surface area contributed by atoms with Crippen LogP contribution in [0.15, 0.2) is 21.6 Å². The van der Waals surface area contributed by atoms with Crippen molar-refractivity contribution in [1.29, 1.82) is 0 Å². The first-order chi connectivity index (χ1) is 7.75. The fourth-order valence-electron chi connectivity index (χ4n) is 1.76. The molecule has 1 aromatic heterocycles. The number of aryl methyl sites for hydroxylation is 1. The highest BCUT2D eigenvalue weighted by molar-refractivity contribution is 7.90. The fraction of sp³-hybridized carbons (Fsp3) is 0.500. The van der Waals surface area contributed by atoms with E-state index in [1.165, 1.54) is 0 Å². The van der Waals surface area contributed by atoms with Crippen molar-refractivity contribution in [2.24, 2.45) is 9.81 Å². The van der Waals surface area contributed by atoms with Crippen molar-refractivity contribution in [3.8, 4) is 0 Å². The number of rotatable bonds is 1. The minimum atomic E-state index is -3.55. The van der Waals surface area contributed by atoms with Gasteiger partial charge in [-0.15, -0.1) is 0 Å². The molecule has 92 valence electrons. The molecule has 1 aliphatic heterocycles. The van der Waals surface area contributed by atoms with E-state index < -0.39 is 10.0 Å². The van der Waals surface area contributed by atoms with E-state index in [0.29, 0.717) is 11.4 Å². The topological polar surface area (TPSA) is 59.4 Å². The molecule has 2 rings (SSSR count). The van der Waals surface area contributed by atoms with Gasteiger partial charge >= 0.3 is 0 Å². The summed E-state index contributed by atoms with van der Waals surface area (Å²) in [6, 6.07) is 1.68. The van der Waals surface area contributed by atoms with E-state index in [0.717, 1.165) is 12.0 Å². The predicted octanol–water partition coefficient (Wildman–Crippen LogP) is 2.18. The average molecular weight is 252 g/mol. The largest absolute Gasteiger partial charge is 0.284 e. The first-order valence-electron chi connectivity index (χ1n) is 5.60. The summed E-state index contributed by atoms with van der Waals surface area (Å²) in [6.45, 7) is 7.78. The second-order valence-electron chi connectivity index (χ2n) is 5.21. The van der Waals surface area contributed by atoms with E-state index in [1.807, 2.05) is 27.7 Å². The number of aromatic nitrogens is 1. The monoisotopic (exact) mass is 252 g/mol. The number of nitrogens with zero attached hydrogens (tertiary/aromatic N) is 2. The van der Waals surface area contributed by atoms with E-state index in [2.05, 4.69) is 9.38 Å². The molecule has 0 N–H and O–H groups in total. The predicted molar refractivity (Wildman–Crippen MR) is 66.8 cm³/mol. The van der Waals surface area contributed by atoms with Gasteiger partial charge in [0.05, 0.1) is 5.71 Å². The highest BCUT2D eigenvalue weighted by Gasteiger charge is 2.36. The Labute approximate surface area is 102 Å². The van der Waals surface area contributed by atoms with Crippen molar-refractivity contribution in [3.63, 3.8) is 0 Å². The first-order valence-corrected chi connectivity index (χ1v) is 7.04. The molecule has 1 aliphatic rings. The minimum absolute atomic E-state index is 0.252.